The second kappa shape index (κ2) is 5.92. The smallest absolute Gasteiger partial charge is 0.0272 e. The van der Waals surface area contributed by atoms with Crippen LogP contribution in [-0.2, 0) is 0 Å². The zero-order valence-corrected chi connectivity index (χ0v) is 11.2. The van der Waals surface area contributed by atoms with E-state index in [0.29, 0.717) is 18.1 Å². The van der Waals surface area contributed by atoms with Gasteiger partial charge < -0.3 is 5.32 Å². The van der Waals surface area contributed by atoms with Crippen molar-refractivity contribution in [1.82, 2.24) is 10.2 Å². The summed E-state index contributed by atoms with van der Waals surface area (Å²) in [6, 6.07) is 1.90. The predicted molar refractivity (Wildman–Crippen MR) is 70.6 cm³/mol. The summed E-state index contributed by atoms with van der Waals surface area (Å²) in [5.74, 6) is 0. The monoisotopic (exact) mass is 228 g/mol. The van der Waals surface area contributed by atoms with Gasteiger partial charge in [0.1, 0.15) is 0 Å². The summed E-state index contributed by atoms with van der Waals surface area (Å²) in [5, 5.41) is 3.47. The van der Waals surface area contributed by atoms with Crippen molar-refractivity contribution < 1.29 is 0 Å². The summed E-state index contributed by atoms with van der Waals surface area (Å²) < 4.78 is 0. The fraction of sp³-hybridized carbons (Fsp3) is 0.917. The van der Waals surface area contributed by atoms with E-state index in [4.69, 9.17) is 12.2 Å². The molecule has 0 spiro atoms. The van der Waals surface area contributed by atoms with Crippen LogP contribution in [0.2, 0.25) is 0 Å². The number of hydrogen-bond donors (Lipinski definition) is 1. The van der Waals surface area contributed by atoms with Gasteiger partial charge in [0.2, 0.25) is 0 Å². The first-order valence-corrected chi connectivity index (χ1v) is 6.42. The van der Waals surface area contributed by atoms with Crippen molar-refractivity contribution in [3.8, 4) is 0 Å². The van der Waals surface area contributed by atoms with Gasteiger partial charge in [-0.15, -0.1) is 0 Å². The molecule has 0 aliphatic carbocycles. The van der Waals surface area contributed by atoms with Gasteiger partial charge in [0.25, 0.3) is 0 Å². The lowest BCUT2D eigenvalue weighted by molar-refractivity contribution is 0.167. The molecule has 0 aromatic rings. The van der Waals surface area contributed by atoms with E-state index in [0.717, 1.165) is 13.0 Å². The van der Waals surface area contributed by atoms with Gasteiger partial charge >= 0.3 is 0 Å². The van der Waals surface area contributed by atoms with Crippen molar-refractivity contribution in [3.05, 3.63) is 0 Å². The molecule has 1 saturated heterocycles. The highest BCUT2D eigenvalue weighted by atomic mass is 32.1. The molecule has 0 radical (unpaired) electrons. The maximum atomic E-state index is 5.20. The van der Waals surface area contributed by atoms with Crippen molar-refractivity contribution in [3.63, 3.8) is 0 Å². The van der Waals surface area contributed by atoms with Gasteiger partial charge in [0, 0.05) is 36.1 Å². The molecule has 3 heteroatoms. The van der Waals surface area contributed by atoms with E-state index >= 15 is 0 Å². The molecule has 1 fully saturated rings. The van der Waals surface area contributed by atoms with E-state index in [1.165, 1.54) is 17.8 Å². The third-order valence-electron chi connectivity index (χ3n) is 3.12. The Kier molecular flexibility index (Phi) is 5.16. The summed E-state index contributed by atoms with van der Waals surface area (Å²) in [6.07, 6.45) is 2.32. The molecule has 88 valence electrons. The standard InChI is InChI=1S/C12H24N2S/c1-9(2)14(10(3)4)6-5-11-7-12(15)8-13-11/h9-11,13H,5-8H2,1-4H3. The van der Waals surface area contributed by atoms with Crippen molar-refractivity contribution in [2.75, 3.05) is 13.1 Å². The normalized spacial score (nSPS) is 22.3. The van der Waals surface area contributed by atoms with Crippen LogP contribution in [0.1, 0.15) is 40.5 Å². The molecule has 1 unspecified atom stereocenters. The summed E-state index contributed by atoms with van der Waals surface area (Å²) in [4.78, 5) is 3.74. The first-order chi connectivity index (χ1) is 7.00. The van der Waals surface area contributed by atoms with Crippen LogP contribution in [0.25, 0.3) is 0 Å². The third-order valence-corrected chi connectivity index (χ3v) is 3.44. The highest BCUT2D eigenvalue weighted by Gasteiger charge is 2.20. The molecule has 1 N–H and O–H groups in total. The van der Waals surface area contributed by atoms with Gasteiger partial charge in [0.05, 0.1) is 0 Å². The zero-order valence-electron chi connectivity index (χ0n) is 10.4. The lowest BCUT2D eigenvalue weighted by Gasteiger charge is -2.31. The number of nitrogens with one attached hydrogen (secondary N) is 1. The molecule has 15 heavy (non-hydrogen) atoms. The highest BCUT2D eigenvalue weighted by molar-refractivity contribution is 7.80. The lowest BCUT2D eigenvalue weighted by Crippen LogP contribution is -2.39. The molecule has 1 atom stereocenters. The van der Waals surface area contributed by atoms with Gasteiger partial charge in [-0.3, -0.25) is 4.90 Å². The van der Waals surface area contributed by atoms with Crippen LogP contribution in [0.5, 0.6) is 0 Å². The maximum Gasteiger partial charge on any atom is 0.0272 e. The maximum absolute atomic E-state index is 5.20. The van der Waals surface area contributed by atoms with Crippen LogP contribution in [0, 0.1) is 0 Å². The summed E-state index contributed by atoms with van der Waals surface area (Å²) in [6.45, 7) is 11.2. The Labute approximate surface area is 99.4 Å². The molecular formula is C12H24N2S. The van der Waals surface area contributed by atoms with Gasteiger partial charge in [-0.25, -0.2) is 0 Å². The molecule has 0 aromatic heterocycles. The Morgan fingerprint density at radius 3 is 2.33 bits per heavy atom. The first kappa shape index (κ1) is 13.1. The molecule has 1 rings (SSSR count). The summed E-state index contributed by atoms with van der Waals surface area (Å²) in [7, 11) is 0. The molecule has 0 amide bonds. The topological polar surface area (TPSA) is 15.3 Å². The van der Waals surface area contributed by atoms with Crippen LogP contribution in [0.3, 0.4) is 0 Å². The highest BCUT2D eigenvalue weighted by Crippen LogP contribution is 2.11. The second-order valence-electron chi connectivity index (χ2n) is 5.03. The minimum absolute atomic E-state index is 0.623. The average Bonchev–Trinajstić information content (AvgIpc) is 2.50. The van der Waals surface area contributed by atoms with Crippen molar-refractivity contribution >= 4 is 17.1 Å². The molecule has 1 aliphatic heterocycles. The fourth-order valence-electron chi connectivity index (χ4n) is 2.30. The van der Waals surface area contributed by atoms with E-state index in [-0.39, 0.29) is 0 Å². The Hall–Kier alpha value is 0.01000. The summed E-state index contributed by atoms with van der Waals surface area (Å²) in [5.41, 5.74) is 0. The van der Waals surface area contributed by atoms with E-state index < -0.39 is 0 Å². The number of rotatable bonds is 5. The fourth-order valence-corrected chi connectivity index (χ4v) is 2.58. The zero-order chi connectivity index (χ0) is 11.4. The Morgan fingerprint density at radius 1 is 1.33 bits per heavy atom. The quantitative estimate of drug-likeness (QED) is 0.727. The van der Waals surface area contributed by atoms with Crippen LogP contribution >= 0.6 is 12.2 Å². The summed E-state index contributed by atoms with van der Waals surface area (Å²) >= 11 is 5.20. The molecular weight excluding hydrogens is 204 g/mol. The van der Waals surface area contributed by atoms with E-state index in [1.807, 2.05) is 0 Å². The number of thiocarbonyl (C=S) groups is 1. The number of nitrogens with zero attached hydrogens (tertiary/aromatic N) is 1. The van der Waals surface area contributed by atoms with Crippen LogP contribution in [-0.4, -0.2) is 41.0 Å². The van der Waals surface area contributed by atoms with E-state index in [1.54, 1.807) is 0 Å². The van der Waals surface area contributed by atoms with Crippen LogP contribution in [0.15, 0.2) is 0 Å². The van der Waals surface area contributed by atoms with E-state index in [2.05, 4.69) is 37.9 Å². The minimum Gasteiger partial charge on any atom is -0.309 e. The van der Waals surface area contributed by atoms with Crippen molar-refractivity contribution in [2.45, 2.75) is 58.7 Å². The van der Waals surface area contributed by atoms with Crippen LogP contribution < -0.4 is 5.32 Å². The lowest BCUT2D eigenvalue weighted by atomic mass is 10.1. The second-order valence-corrected chi connectivity index (χ2v) is 5.61. The molecule has 0 bridgehead atoms. The Bertz CT molecular complexity index is 206. The predicted octanol–water partition coefficient (Wildman–Crippen LogP) is 2.23. The first-order valence-electron chi connectivity index (χ1n) is 6.01. The molecule has 0 aromatic carbocycles. The Morgan fingerprint density at radius 2 is 1.93 bits per heavy atom. The average molecular weight is 228 g/mol. The molecule has 0 saturated carbocycles. The minimum atomic E-state index is 0.623. The van der Waals surface area contributed by atoms with Gasteiger partial charge in [-0.2, -0.15) is 0 Å². The SMILES string of the molecule is CC(C)N(CCC1CC(=S)CN1)C(C)C. The van der Waals surface area contributed by atoms with Gasteiger partial charge in [-0.1, -0.05) is 12.2 Å². The van der Waals surface area contributed by atoms with E-state index in [9.17, 15) is 0 Å². The van der Waals surface area contributed by atoms with Crippen molar-refractivity contribution in [1.29, 1.82) is 0 Å². The van der Waals surface area contributed by atoms with Crippen molar-refractivity contribution in [2.24, 2.45) is 0 Å². The number of hydrogen-bond acceptors (Lipinski definition) is 3. The molecule has 1 heterocycles. The molecule has 2 nitrogen and oxygen atoms in total. The third kappa shape index (κ3) is 4.17. The Balaban J connectivity index is 2.30. The largest absolute Gasteiger partial charge is 0.309 e. The van der Waals surface area contributed by atoms with Gasteiger partial charge in [-0.05, 0) is 40.5 Å². The van der Waals surface area contributed by atoms with Crippen LogP contribution in [0.4, 0.5) is 0 Å². The van der Waals surface area contributed by atoms with Gasteiger partial charge in [0.15, 0.2) is 0 Å². The molecule has 1 aliphatic rings.